The average molecular weight is 384 g/mol. The molecule has 1 unspecified atom stereocenters. The lowest BCUT2D eigenvalue weighted by Gasteiger charge is -2.24. The summed E-state index contributed by atoms with van der Waals surface area (Å²) in [6.07, 6.45) is 2.13. The van der Waals surface area contributed by atoms with Gasteiger partial charge in [-0.25, -0.2) is 4.98 Å². The van der Waals surface area contributed by atoms with Gasteiger partial charge in [0.15, 0.2) is 0 Å². The van der Waals surface area contributed by atoms with E-state index < -0.39 is 6.04 Å². The lowest BCUT2D eigenvalue weighted by molar-refractivity contribution is -0.133. The Morgan fingerprint density at radius 1 is 1.55 bits per heavy atom. The molecule has 3 N–H and O–H groups in total. The van der Waals surface area contributed by atoms with Crippen LogP contribution in [0.15, 0.2) is 34.2 Å². The molecule has 2 aromatic rings. The minimum absolute atomic E-state index is 0.142. The monoisotopic (exact) mass is 383 g/mol. The van der Waals surface area contributed by atoms with Crippen molar-refractivity contribution in [2.24, 2.45) is 5.73 Å². The quantitative estimate of drug-likeness (QED) is 0.802. The third-order valence-corrected chi connectivity index (χ3v) is 4.59. The molecule has 1 aromatic heterocycles. The number of benzene rings is 1. The first-order valence-corrected chi connectivity index (χ1v) is 8.58. The van der Waals surface area contributed by atoms with Crippen LogP contribution in [0.1, 0.15) is 17.5 Å². The molecule has 1 atom stereocenters. The normalized spacial score (nSPS) is 12.1. The van der Waals surface area contributed by atoms with Crippen LogP contribution in [0.25, 0.3) is 0 Å². The van der Waals surface area contributed by atoms with Gasteiger partial charge in [0.25, 0.3) is 0 Å². The number of likely N-dealkylation sites (N-methyl/N-ethyl adjacent to an activating group) is 1. The number of aromatic nitrogens is 1. The van der Waals surface area contributed by atoms with Crippen molar-refractivity contribution in [1.29, 1.82) is 0 Å². The average Bonchev–Trinajstić information content (AvgIpc) is 3.00. The summed E-state index contributed by atoms with van der Waals surface area (Å²) in [5.74, 6) is 0.0278. The van der Waals surface area contributed by atoms with Crippen molar-refractivity contribution in [3.05, 3.63) is 44.8 Å². The first-order valence-electron chi connectivity index (χ1n) is 6.91. The Bertz CT molecular complexity index is 634. The van der Waals surface area contributed by atoms with Crippen LogP contribution >= 0.6 is 27.3 Å². The highest BCUT2D eigenvalue weighted by atomic mass is 79.9. The molecule has 0 bridgehead atoms. The Labute approximate surface area is 141 Å². The zero-order chi connectivity index (χ0) is 16.1. The van der Waals surface area contributed by atoms with Crippen LogP contribution in [-0.2, 0) is 17.8 Å². The van der Waals surface area contributed by atoms with Crippen LogP contribution in [0.2, 0.25) is 0 Å². The van der Waals surface area contributed by atoms with Gasteiger partial charge >= 0.3 is 0 Å². The molecule has 1 heterocycles. The number of nitrogens with zero attached hydrogens (tertiary/aromatic N) is 2. The minimum Gasteiger partial charge on any atom is -0.508 e. The minimum atomic E-state index is -0.625. The predicted molar refractivity (Wildman–Crippen MR) is 90.7 cm³/mol. The lowest BCUT2D eigenvalue weighted by Crippen LogP contribution is -2.44. The molecule has 0 radical (unpaired) electrons. The highest BCUT2D eigenvalue weighted by molar-refractivity contribution is 9.10. The molecule has 5 nitrogen and oxygen atoms in total. The van der Waals surface area contributed by atoms with Crippen LogP contribution in [-0.4, -0.2) is 33.5 Å². The van der Waals surface area contributed by atoms with Crippen LogP contribution in [0, 0.1) is 0 Å². The van der Waals surface area contributed by atoms with Crippen molar-refractivity contribution in [1.82, 2.24) is 9.88 Å². The van der Waals surface area contributed by atoms with Gasteiger partial charge in [-0.15, -0.1) is 11.3 Å². The summed E-state index contributed by atoms with van der Waals surface area (Å²) in [6.45, 7) is 2.74. The van der Waals surface area contributed by atoms with Crippen LogP contribution in [0.5, 0.6) is 5.75 Å². The molecule has 7 heteroatoms. The fourth-order valence-corrected chi connectivity index (χ4v) is 3.18. The summed E-state index contributed by atoms with van der Waals surface area (Å²) in [5.41, 5.74) is 6.70. The number of hydrogen-bond donors (Lipinski definition) is 2. The van der Waals surface area contributed by atoms with Gasteiger partial charge in [0.05, 0.1) is 11.0 Å². The predicted octanol–water partition coefficient (Wildman–Crippen LogP) is 2.53. The number of aromatic hydroxyl groups is 1. The van der Waals surface area contributed by atoms with E-state index in [1.165, 1.54) is 11.3 Å². The Kier molecular flexibility index (Phi) is 5.93. The van der Waals surface area contributed by atoms with E-state index in [1.54, 1.807) is 29.3 Å². The molecule has 0 saturated carbocycles. The first-order chi connectivity index (χ1) is 10.5. The van der Waals surface area contributed by atoms with Crippen molar-refractivity contribution in [3.8, 4) is 5.75 Å². The molecule has 118 valence electrons. The van der Waals surface area contributed by atoms with Gasteiger partial charge in [-0.05, 0) is 25.1 Å². The fourth-order valence-electron chi connectivity index (χ4n) is 2.10. The highest BCUT2D eigenvalue weighted by Gasteiger charge is 2.22. The number of amides is 1. The molecule has 0 fully saturated rings. The third-order valence-electron chi connectivity index (χ3n) is 3.29. The van der Waals surface area contributed by atoms with E-state index in [1.807, 2.05) is 12.3 Å². The summed E-state index contributed by atoms with van der Waals surface area (Å²) < 4.78 is 0.857. The Balaban J connectivity index is 2.06. The fraction of sp³-hybridized carbons (Fsp3) is 0.333. The summed E-state index contributed by atoms with van der Waals surface area (Å²) in [7, 11) is 0. The van der Waals surface area contributed by atoms with E-state index in [2.05, 4.69) is 20.9 Å². The van der Waals surface area contributed by atoms with E-state index in [-0.39, 0.29) is 11.7 Å². The largest absolute Gasteiger partial charge is 0.508 e. The van der Waals surface area contributed by atoms with Gasteiger partial charge in [0.1, 0.15) is 5.75 Å². The van der Waals surface area contributed by atoms with Crippen LogP contribution in [0.3, 0.4) is 0 Å². The molecule has 0 aliphatic rings. The summed E-state index contributed by atoms with van der Waals surface area (Å²) in [6, 6.07) is 4.54. The molecule has 0 aliphatic carbocycles. The number of phenolic OH excluding ortho intramolecular Hbond substituents is 1. The maximum Gasteiger partial charge on any atom is 0.240 e. The van der Waals surface area contributed by atoms with Gasteiger partial charge in [-0.2, -0.15) is 0 Å². The Morgan fingerprint density at radius 3 is 2.95 bits per heavy atom. The van der Waals surface area contributed by atoms with E-state index in [0.717, 1.165) is 9.48 Å². The Morgan fingerprint density at radius 2 is 2.32 bits per heavy atom. The van der Waals surface area contributed by atoms with Gasteiger partial charge in [0.2, 0.25) is 5.91 Å². The number of halogens is 1. The maximum atomic E-state index is 12.5. The second-order valence-electron chi connectivity index (χ2n) is 4.86. The van der Waals surface area contributed by atoms with E-state index in [0.29, 0.717) is 25.1 Å². The molecule has 0 spiro atoms. The van der Waals surface area contributed by atoms with Gasteiger partial charge < -0.3 is 15.7 Å². The molecular weight excluding hydrogens is 366 g/mol. The summed E-state index contributed by atoms with van der Waals surface area (Å²) >= 11 is 4.86. The van der Waals surface area contributed by atoms with E-state index >= 15 is 0 Å². The number of nitrogens with two attached hydrogens (primary N) is 1. The smallest absolute Gasteiger partial charge is 0.240 e. The number of carbonyl (C=O) groups excluding carboxylic acids is 1. The van der Waals surface area contributed by atoms with Gasteiger partial charge in [0, 0.05) is 41.1 Å². The number of phenols is 1. The van der Waals surface area contributed by atoms with E-state index in [9.17, 15) is 9.90 Å². The number of carbonyl (C=O) groups is 1. The SMILES string of the molecule is CCN(Cc1cc(Br)ccc1O)C(=O)C(N)Cc1nccs1. The molecule has 22 heavy (non-hydrogen) atoms. The molecule has 2 rings (SSSR count). The van der Waals surface area contributed by atoms with Crippen molar-refractivity contribution < 1.29 is 9.90 Å². The molecular formula is C15H18BrN3O2S. The van der Waals surface area contributed by atoms with Gasteiger partial charge in [-0.1, -0.05) is 15.9 Å². The first kappa shape index (κ1) is 16.9. The topological polar surface area (TPSA) is 79.5 Å². The molecule has 0 saturated heterocycles. The summed E-state index contributed by atoms with van der Waals surface area (Å²) in [4.78, 5) is 18.3. The zero-order valence-corrected chi connectivity index (χ0v) is 14.6. The van der Waals surface area contributed by atoms with Crippen LogP contribution in [0.4, 0.5) is 0 Å². The second kappa shape index (κ2) is 7.71. The number of hydrogen-bond acceptors (Lipinski definition) is 5. The third kappa shape index (κ3) is 4.28. The van der Waals surface area contributed by atoms with Gasteiger partial charge in [-0.3, -0.25) is 4.79 Å². The van der Waals surface area contributed by atoms with Crippen molar-refractivity contribution in [2.45, 2.75) is 25.9 Å². The van der Waals surface area contributed by atoms with Crippen molar-refractivity contribution >= 4 is 33.2 Å². The lowest BCUT2D eigenvalue weighted by atomic mass is 10.1. The number of thiazole rings is 1. The zero-order valence-electron chi connectivity index (χ0n) is 12.2. The van der Waals surface area contributed by atoms with Crippen molar-refractivity contribution in [3.63, 3.8) is 0 Å². The standard InChI is InChI=1S/C15H18BrN3O2S/c1-2-19(9-10-7-11(16)3-4-13(10)20)15(21)12(17)8-14-18-5-6-22-14/h3-7,12,20H,2,8-9,17H2,1H3. The maximum absolute atomic E-state index is 12.5. The molecule has 1 amide bonds. The van der Waals surface area contributed by atoms with E-state index in [4.69, 9.17) is 5.73 Å². The molecule has 1 aromatic carbocycles. The van der Waals surface area contributed by atoms with Crippen molar-refractivity contribution in [2.75, 3.05) is 6.54 Å². The van der Waals surface area contributed by atoms with Crippen LogP contribution < -0.4 is 5.73 Å². The highest BCUT2D eigenvalue weighted by Crippen LogP contribution is 2.23. The number of rotatable bonds is 6. The second-order valence-corrected chi connectivity index (χ2v) is 6.76. The summed E-state index contributed by atoms with van der Waals surface area (Å²) in [5, 5.41) is 12.6. The molecule has 0 aliphatic heterocycles. The Hall–Kier alpha value is -1.44.